The van der Waals surface area contributed by atoms with Crippen LogP contribution < -0.4 is 20.1 Å². The normalized spacial score (nSPS) is 11.9. The number of nitro groups is 1. The zero-order valence-electron chi connectivity index (χ0n) is 14.0. The van der Waals surface area contributed by atoms with E-state index in [1.54, 1.807) is 36.4 Å². The van der Waals surface area contributed by atoms with Crippen molar-refractivity contribution >= 4 is 51.9 Å². The molecular weight excluding hydrogens is 409 g/mol. The first-order chi connectivity index (χ1) is 13.5. The van der Waals surface area contributed by atoms with Crippen molar-refractivity contribution in [3.8, 4) is 11.5 Å². The number of halogens is 2. The third-order valence-electron chi connectivity index (χ3n) is 3.77. The molecule has 2 aromatic carbocycles. The molecule has 1 aliphatic rings. The van der Waals surface area contributed by atoms with Crippen LogP contribution in [0.15, 0.2) is 42.7 Å². The molecule has 142 valence electrons. The lowest BCUT2D eigenvalue weighted by atomic mass is 10.2. The number of ether oxygens (including phenoxy) is 2. The van der Waals surface area contributed by atoms with Crippen LogP contribution in [0, 0.1) is 10.1 Å². The Bertz CT molecular complexity index is 1060. The van der Waals surface area contributed by atoms with Crippen molar-refractivity contribution in [1.82, 2.24) is 9.97 Å². The molecule has 2 N–H and O–H groups in total. The maximum absolute atomic E-state index is 11.7. The lowest BCUT2D eigenvalue weighted by molar-refractivity contribution is -0.383. The standard InChI is InChI=1S/C17H11Cl2N5O4/c18-9-3-10(19)5-12(4-9)23-17-15(24(25)26)16(20-7-21-17)22-11-1-2-13-14(6-11)28-8-27-13/h1-7H,8H2,(H2,20,21,22,23). The molecule has 1 aromatic heterocycles. The van der Waals surface area contributed by atoms with Gasteiger partial charge in [0.15, 0.2) is 11.5 Å². The molecule has 2 heterocycles. The maximum atomic E-state index is 11.7. The third-order valence-corrected chi connectivity index (χ3v) is 4.20. The summed E-state index contributed by atoms with van der Waals surface area (Å²) < 4.78 is 10.6. The van der Waals surface area contributed by atoms with Crippen molar-refractivity contribution in [2.24, 2.45) is 0 Å². The highest BCUT2D eigenvalue weighted by Crippen LogP contribution is 2.38. The van der Waals surface area contributed by atoms with Crippen molar-refractivity contribution in [3.05, 3.63) is 62.9 Å². The molecule has 0 amide bonds. The molecule has 0 atom stereocenters. The van der Waals surface area contributed by atoms with Crippen LogP contribution in [0.3, 0.4) is 0 Å². The van der Waals surface area contributed by atoms with Gasteiger partial charge in [-0.15, -0.1) is 0 Å². The first kappa shape index (κ1) is 18.1. The number of aromatic nitrogens is 2. The Balaban J connectivity index is 1.68. The van der Waals surface area contributed by atoms with Gasteiger partial charge in [0, 0.05) is 27.5 Å². The van der Waals surface area contributed by atoms with E-state index in [1.165, 1.54) is 6.33 Å². The quantitative estimate of drug-likeness (QED) is 0.443. The number of benzene rings is 2. The molecule has 4 rings (SSSR count). The molecule has 0 saturated heterocycles. The second-order valence-electron chi connectivity index (χ2n) is 5.65. The van der Waals surface area contributed by atoms with Crippen LogP contribution in [-0.4, -0.2) is 21.7 Å². The fourth-order valence-electron chi connectivity index (χ4n) is 2.61. The number of hydrogen-bond acceptors (Lipinski definition) is 8. The van der Waals surface area contributed by atoms with Crippen LogP contribution in [0.2, 0.25) is 10.0 Å². The number of fused-ring (bicyclic) bond motifs is 1. The molecule has 0 aliphatic carbocycles. The van der Waals surface area contributed by atoms with Gasteiger partial charge < -0.3 is 20.1 Å². The van der Waals surface area contributed by atoms with E-state index in [9.17, 15) is 10.1 Å². The summed E-state index contributed by atoms with van der Waals surface area (Å²) in [6, 6.07) is 9.76. The smallest absolute Gasteiger partial charge is 0.353 e. The highest BCUT2D eigenvalue weighted by molar-refractivity contribution is 6.35. The van der Waals surface area contributed by atoms with Crippen LogP contribution >= 0.6 is 23.2 Å². The molecule has 11 heteroatoms. The highest BCUT2D eigenvalue weighted by Gasteiger charge is 2.24. The van der Waals surface area contributed by atoms with Gasteiger partial charge in [0.1, 0.15) is 6.33 Å². The Hall–Kier alpha value is -3.30. The summed E-state index contributed by atoms with van der Waals surface area (Å²) in [5, 5.41) is 18.2. The lowest BCUT2D eigenvalue weighted by Crippen LogP contribution is -2.05. The van der Waals surface area contributed by atoms with Gasteiger partial charge in [0.2, 0.25) is 18.4 Å². The average molecular weight is 420 g/mol. The van der Waals surface area contributed by atoms with Crippen LogP contribution in [0.5, 0.6) is 11.5 Å². The summed E-state index contributed by atoms with van der Waals surface area (Å²) in [7, 11) is 0. The van der Waals surface area contributed by atoms with Crippen molar-refractivity contribution in [3.63, 3.8) is 0 Å². The predicted molar refractivity (Wildman–Crippen MR) is 104 cm³/mol. The predicted octanol–water partition coefficient (Wildman–Crippen LogP) is 4.91. The SMILES string of the molecule is O=[N+]([O-])c1c(Nc2cc(Cl)cc(Cl)c2)ncnc1Nc1ccc2c(c1)OCO2. The van der Waals surface area contributed by atoms with E-state index in [1.807, 2.05) is 0 Å². The van der Waals surface area contributed by atoms with Gasteiger partial charge >= 0.3 is 5.69 Å². The summed E-state index contributed by atoms with van der Waals surface area (Å²) in [5.41, 5.74) is 0.660. The monoisotopic (exact) mass is 419 g/mol. The average Bonchev–Trinajstić information content (AvgIpc) is 3.08. The molecule has 28 heavy (non-hydrogen) atoms. The number of anilines is 4. The minimum absolute atomic E-state index is 0.00879. The van der Waals surface area contributed by atoms with E-state index in [4.69, 9.17) is 32.7 Å². The molecule has 0 unspecified atom stereocenters. The topological polar surface area (TPSA) is 111 Å². The van der Waals surface area contributed by atoms with E-state index < -0.39 is 4.92 Å². The molecular formula is C17H11Cl2N5O4. The summed E-state index contributed by atoms with van der Waals surface area (Å²) >= 11 is 12.0. The minimum atomic E-state index is -0.580. The van der Waals surface area contributed by atoms with Crippen molar-refractivity contribution < 1.29 is 14.4 Å². The Labute approximate surface area is 168 Å². The fourth-order valence-corrected chi connectivity index (χ4v) is 3.13. The van der Waals surface area contributed by atoms with E-state index in [2.05, 4.69) is 20.6 Å². The molecule has 9 nitrogen and oxygen atoms in total. The Morgan fingerprint density at radius 3 is 2.25 bits per heavy atom. The second kappa shape index (κ2) is 7.37. The van der Waals surface area contributed by atoms with Gasteiger partial charge in [-0.2, -0.15) is 0 Å². The van der Waals surface area contributed by atoms with Gasteiger partial charge in [-0.3, -0.25) is 10.1 Å². The Kier molecular flexibility index (Phi) is 4.76. The van der Waals surface area contributed by atoms with Gasteiger partial charge in [0.25, 0.3) is 0 Å². The summed E-state index contributed by atoms with van der Waals surface area (Å²) in [5.74, 6) is 1.13. The summed E-state index contributed by atoms with van der Waals surface area (Å²) in [6.07, 6.45) is 1.21. The molecule has 3 aromatic rings. The van der Waals surface area contributed by atoms with E-state index >= 15 is 0 Å². The second-order valence-corrected chi connectivity index (χ2v) is 6.53. The molecule has 0 spiro atoms. The van der Waals surface area contributed by atoms with Gasteiger partial charge in [-0.05, 0) is 30.3 Å². The first-order valence-corrected chi connectivity index (χ1v) is 8.64. The fraction of sp³-hybridized carbons (Fsp3) is 0.0588. The zero-order valence-corrected chi connectivity index (χ0v) is 15.5. The summed E-state index contributed by atoms with van der Waals surface area (Å²) in [6.45, 7) is 0.128. The highest BCUT2D eigenvalue weighted by atomic mass is 35.5. The van der Waals surface area contributed by atoms with Gasteiger partial charge in [-0.25, -0.2) is 9.97 Å². The first-order valence-electron chi connectivity index (χ1n) is 7.89. The molecule has 0 bridgehead atoms. The largest absolute Gasteiger partial charge is 0.454 e. The summed E-state index contributed by atoms with van der Waals surface area (Å²) in [4.78, 5) is 19.1. The van der Waals surface area contributed by atoms with E-state index in [0.29, 0.717) is 32.9 Å². The number of hydrogen-bond donors (Lipinski definition) is 2. The number of rotatable bonds is 5. The van der Waals surface area contributed by atoms with Crippen molar-refractivity contribution in [1.29, 1.82) is 0 Å². The van der Waals surface area contributed by atoms with Crippen LogP contribution in [0.1, 0.15) is 0 Å². The Morgan fingerprint density at radius 1 is 0.929 bits per heavy atom. The molecule has 1 aliphatic heterocycles. The molecule has 0 fully saturated rings. The van der Waals surface area contributed by atoms with Crippen LogP contribution in [-0.2, 0) is 0 Å². The molecule has 0 radical (unpaired) electrons. The van der Waals surface area contributed by atoms with Gasteiger partial charge in [0.05, 0.1) is 4.92 Å². The van der Waals surface area contributed by atoms with Crippen molar-refractivity contribution in [2.75, 3.05) is 17.4 Å². The number of nitrogens with zero attached hydrogens (tertiary/aromatic N) is 3. The Morgan fingerprint density at radius 2 is 1.57 bits per heavy atom. The lowest BCUT2D eigenvalue weighted by Gasteiger charge is -2.11. The van der Waals surface area contributed by atoms with Crippen LogP contribution in [0.25, 0.3) is 0 Å². The van der Waals surface area contributed by atoms with Crippen molar-refractivity contribution in [2.45, 2.75) is 0 Å². The maximum Gasteiger partial charge on any atom is 0.353 e. The van der Waals surface area contributed by atoms with E-state index in [-0.39, 0.29) is 24.1 Å². The third kappa shape index (κ3) is 3.71. The zero-order chi connectivity index (χ0) is 19.7. The van der Waals surface area contributed by atoms with Gasteiger partial charge in [-0.1, -0.05) is 23.2 Å². The number of nitrogens with one attached hydrogen (secondary N) is 2. The minimum Gasteiger partial charge on any atom is -0.454 e. The molecule has 0 saturated carbocycles. The van der Waals surface area contributed by atoms with E-state index in [0.717, 1.165) is 0 Å². The van der Waals surface area contributed by atoms with Crippen LogP contribution in [0.4, 0.5) is 28.7 Å².